The maximum Gasteiger partial charge on any atom is 0.339 e. The van der Waals surface area contributed by atoms with E-state index in [9.17, 15) is 19.5 Å². The smallest absolute Gasteiger partial charge is 0.339 e. The van der Waals surface area contributed by atoms with E-state index in [-0.39, 0.29) is 28.7 Å². The molecule has 134 valence electrons. The summed E-state index contributed by atoms with van der Waals surface area (Å²) in [5, 5.41) is 19.7. The van der Waals surface area contributed by atoms with Crippen LogP contribution in [0.15, 0.2) is 6.20 Å². The molecular formula is C15H19N5O4S. The van der Waals surface area contributed by atoms with Crippen molar-refractivity contribution in [1.29, 1.82) is 0 Å². The first-order valence-corrected chi connectivity index (χ1v) is 8.33. The number of anilines is 1. The van der Waals surface area contributed by atoms with Gasteiger partial charge in [-0.15, -0.1) is 16.4 Å². The molecule has 9 nitrogen and oxygen atoms in total. The Morgan fingerprint density at radius 1 is 1.36 bits per heavy atom. The topological polar surface area (TPSA) is 117 Å². The number of hydrogen-bond donors (Lipinski definition) is 2. The van der Waals surface area contributed by atoms with Gasteiger partial charge in [0.05, 0.1) is 11.8 Å². The summed E-state index contributed by atoms with van der Waals surface area (Å²) in [6, 6.07) is 0. The summed E-state index contributed by atoms with van der Waals surface area (Å²) in [7, 11) is 3.23. The second-order valence-electron chi connectivity index (χ2n) is 5.54. The van der Waals surface area contributed by atoms with Crippen molar-refractivity contribution in [3.8, 4) is 0 Å². The van der Waals surface area contributed by atoms with Crippen LogP contribution in [0.2, 0.25) is 0 Å². The quantitative estimate of drug-likeness (QED) is 0.795. The van der Waals surface area contributed by atoms with E-state index >= 15 is 0 Å². The molecule has 0 saturated carbocycles. The summed E-state index contributed by atoms with van der Waals surface area (Å²) in [6.07, 6.45) is 1.90. The lowest BCUT2D eigenvalue weighted by atomic mass is 10.1. The first-order valence-electron chi connectivity index (χ1n) is 7.51. The Morgan fingerprint density at radius 3 is 2.60 bits per heavy atom. The molecule has 2 amide bonds. The van der Waals surface area contributed by atoms with Crippen LogP contribution in [-0.4, -0.2) is 56.9 Å². The van der Waals surface area contributed by atoms with Gasteiger partial charge in [0, 0.05) is 19.0 Å². The molecule has 0 aliphatic heterocycles. The molecule has 2 rings (SSSR count). The zero-order chi connectivity index (χ0) is 18.7. The second-order valence-corrected chi connectivity index (χ2v) is 6.77. The fourth-order valence-electron chi connectivity index (χ4n) is 2.25. The number of carboxylic acid groups (broad SMARTS) is 1. The third kappa shape index (κ3) is 4.02. The van der Waals surface area contributed by atoms with Crippen molar-refractivity contribution in [1.82, 2.24) is 19.9 Å². The molecule has 2 aromatic rings. The average Bonchev–Trinajstić information content (AvgIpc) is 3.11. The number of aryl methyl sites for hydroxylation is 1. The number of aromatic carboxylic acids is 1. The highest BCUT2D eigenvalue weighted by Gasteiger charge is 2.23. The molecule has 0 aromatic carbocycles. The number of nitrogens with zero attached hydrogens (tertiary/aromatic N) is 4. The van der Waals surface area contributed by atoms with E-state index in [4.69, 9.17) is 0 Å². The molecule has 2 aromatic heterocycles. The highest BCUT2D eigenvalue weighted by molar-refractivity contribution is 7.16. The number of carbonyl (C=O) groups is 3. The van der Waals surface area contributed by atoms with E-state index < -0.39 is 11.9 Å². The number of nitrogens with one attached hydrogen (secondary N) is 1. The predicted molar refractivity (Wildman–Crippen MR) is 92.1 cm³/mol. The fourth-order valence-corrected chi connectivity index (χ4v) is 3.38. The summed E-state index contributed by atoms with van der Waals surface area (Å²) in [6.45, 7) is 3.64. The largest absolute Gasteiger partial charge is 0.478 e. The molecule has 0 bridgehead atoms. The number of carbonyl (C=O) groups excluding carboxylic acids is 2. The van der Waals surface area contributed by atoms with Gasteiger partial charge in [0.25, 0.3) is 5.91 Å². The summed E-state index contributed by atoms with van der Waals surface area (Å²) in [5.74, 6) is -1.85. The standard InChI is InChI=1S/C15H19N5O4S/c1-5-9-8(2)25-14(12(9)15(23)24)16-13(22)10-6-20(18-17-10)7-11(21)19(3)4/h6H,5,7H2,1-4H3,(H,16,22)(H,23,24). The molecule has 25 heavy (non-hydrogen) atoms. The van der Waals surface area contributed by atoms with Crippen LogP contribution >= 0.6 is 11.3 Å². The van der Waals surface area contributed by atoms with E-state index in [1.54, 1.807) is 14.1 Å². The first kappa shape index (κ1) is 18.6. The maximum atomic E-state index is 12.3. The Bertz CT molecular complexity index is 824. The second kappa shape index (κ2) is 7.43. The van der Waals surface area contributed by atoms with Crippen LogP contribution in [0.3, 0.4) is 0 Å². The molecule has 10 heteroatoms. The molecule has 0 atom stereocenters. The van der Waals surface area contributed by atoms with Gasteiger partial charge in [0.15, 0.2) is 5.69 Å². The maximum absolute atomic E-state index is 12.3. The Morgan fingerprint density at radius 2 is 2.04 bits per heavy atom. The van der Waals surface area contributed by atoms with Gasteiger partial charge in [-0.1, -0.05) is 12.1 Å². The summed E-state index contributed by atoms with van der Waals surface area (Å²) in [5.41, 5.74) is 0.813. The third-order valence-electron chi connectivity index (χ3n) is 3.57. The monoisotopic (exact) mass is 365 g/mol. The van der Waals surface area contributed by atoms with Crippen LogP contribution in [0.1, 0.15) is 38.2 Å². The van der Waals surface area contributed by atoms with E-state index in [2.05, 4.69) is 15.6 Å². The van der Waals surface area contributed by atoms with E-state index in [1.807, 2.05) is 13.8 Å². The molecule has 2 N–H and O–H groups in total. The van der Waals surface area contributed by atoms with Crippen LogP contribution < -0.4 is 5.32 Å². The zero-order valence-electron chi connectivity index (χ0n) is 14.4. The molecule has 0 spiro atoms. The number of rotatable bonds is 6. The van der Waals surface area contributed by atoms with Crippen LogP contribution in [-0.2, 0) is 17.8 Å². The molecular weight excluding hydrogens is 346 g/mol. The summed E-state index contributed by atoms with van der Waals surface area (Å²) < 4.78 is 1.26. The lowest BCUT2D eigenvalue weighted by molar-refractivity contribution is -0.129. The number of hydrogen-bond acceptors (Lipinski definition) is 6. The van der Waals surface area contributed by atoms with Crippen molar-refractivity contribution in [2.75, 3.05) is 19.4 Å². The minimum Gasteiger partial charge on any atom is -0.478 e. The minimum absolute atomic E-state index is 0.00648. The van der Waals surface area contributed by atoms with Crippen molar-refractivity contribution in [3.63, 3.8) is 0 Å². The number of likely N-dealkylation sites (N-methyl/N-ethyl adjacent to an activating group) is 1. The van der Waals surface area contributed by atoms with E-state index in [0.717, 1.165) is 4.88 Å². The van der Waals surface area contributed by atoms with E-state index in [1.165, 1.54) is 27.1 Å². The van der Waals surface area contributed by atoms with Gasteiger partial charge in [-0.05, 0) is 18.9 Å². The summed E-state index contributed by atoms with van der Waals surface area (Å²) in [4.78, 5) is 37.7. The van der Waals surface area contributed by atoms with Crippen LogP contribution in [0.25, 0.3) is 0 Å². The SMILES string of the molecule is CCc1c(C)sc(NC(=O)c2cn(CC(=O)N(C)C)nn2)c1C(=O)O. The Balaban J connectivity index is 2.20. The van der Waals surface area contributed by atoms with Crippen LogP contribution in [0.5, 0.6) is 0 Å². The Kier molecular flexibility index (Phi) is 5.52. The predicted octanol–water partition coefficient (Wildman–Crippen LogP) is 1.25. The van der Waals surface area contributed by atoms with Crippen molar-refractivity contribution in [2.24, 2.45) is 0 Å². The highest BCUT2D eigenvalue weighted by Crippen LogP contribution is 2.33. The van der Waals surface area contributed by atoms with Crippen molar-refractivity contribution < 1.29 is 19.5 Å². The number of thiophene rings is 1. The Hall–Kier alpha value is -2.75. The minimum atomic E-state index is -1.09. The molecule has 2 heterocycles. The van der Waals surface area contributed by atoms with Crippen molar-refractivity contribution in [3.05, 3.63) is 27.9 Å². The zero-order valence-corrected chi connectivity index (χ0v) is 15.2. The molecule has 0 aliphatic rings. The lowest BCUT2D eigenvalue weighted by Gasteiger charge is -2.08. The highest BCUT2D eigenvalue weighted by atomic mass is 32.1. The van der Waals surface area contributed by atoms with Crippen LogP contribution in [0, 0.1) is 6.92 Å². The number of amides is 2. The van der Waals surface area contributed by atoms with Gasteiger partial charge in [-0.2, -0.15) is 0 Å². The Labute approximate surface area is 148 Å². The van der Waals surface area contributed by atoms with Gasteiger partial charge >= 0.3 is 5.97 Å². The third-order valence-corrected chi connectivity index (χ3v) is 4.63. The molecule has 0 fully saturated rings. The molecule has 0 radical (unpaired) electrons. The van der Waals surface area contributed by atoms with Gasteiger partial charge < -0.3 is 15.3 Å². The number of aromatic nitrogens is 3. The van der Waals surface area contributed by atoms with Gasteiger partial charge in [-0.25, -0.2) is 9.48 Å². The summed E-state index contributed by atoms with van der Waals surface area (Å²) >= 11 is 1.21. The van der Waals surface area contributed by atoms with Crippen molar-refractivity contribution in [2.45, 2.75) is 26.8 Å². The molecule has 0 unspecified atom stereocenters. The van der Waals surface area contributed by atoms with Gasteiger partial charge in [0.2, 0.25) is 5.91 Å². The normalized spacial score (nSPS) is 10.6. The lowest BCUT2D eigenvalue weighted by Crippen LogP contribution is -2.26. The van der Waals surface area contributed by atoms with Gasteiger partial charge in [0.1, 0.15) is 11.5 Å². The van der Waals surface area contributed by atoms with E-state index in [0.29, 0.717) is 12.0 Å². The average molecular weight is 365 g/mol. The molecule has 0 aliphatic carbocycles. The van der Waals surface area contributed by atoms with Crippen molar-refractivity contribution >= 4 is 34.1 Å². The fraction of sp³-hybridized carbons (Fsp3) is 0.400. The van der Waals surface area contributed by atoms with Crippen LogP contribution in [0.4, 0.5) is 5.00 Å². The van der Waals surface area contributed by atoms with Gasteiger partial charge in [-0.3, -0.25) is 9.59 Å². The number of carboxylic acids is 1. The first-order chi connectivity index (χ1) is 11.7. The molecule has 0 saturated heterocycles.